The topological polar surface area (TPSA) is 118 Å². The largest absolute Gasteiger partial charge is 0.437 e. The summed E-state index contributed by atoms with van der Waals surface area (Å²) in [7, 11) is -3.44. The quantitative estimate of drug-likeness (QED) is 0.241. The normalized spacial score (nSPS) is 15.4. The molecule has 3 heterocycles. The van der Waals surface area contributed by atoms with Crippen LogP contribution < -0.4 is 20.1 Å². The molecular weight excluding hydrogens is 536 g/mol. The van der Waals surface area contributed by atoms with Crippen molar-refractivity contribution in [2.45, 2.75) is 39.2 Å². The van der Waals surface area contributed by atoms with Crippen LogP contribution in [0.1, 0.15) is 31.7 Å². The molecule has 1 atom stereocenters. The smallest absolute Gasteiger partial charge is 0.232 e. The molecule has 206 valence electrons. The molecular formula is C28H33ClN6O3S. The van der Waals surface area contributed by atoms with Gasteiger partial charge >= 0.3 is 0 Å². The number of nitrogens with zero attached hydrogens (tertiary/aromatic N) is 3. The molecule has 4 aromatic rings. The van der Waals surface area contributed by atoms with Crippen molar-refractivity contribution in [1.82, 2.24) is 20.3 Å². The van der Waals surface area contributed by atoms with Crippen LogP contribution in [0.15, 0.2) is 60.9 Å². The van der Waals surface area contributed by atoms with E-state index >= 15 is 0 Å². The number of nitrogens with one attached hydrogen (secondary N) is 3. The van der Waals surface area contributed by atoms with Crippen LogP contribution in [0.2, 0.25) is 0 Å². The standard InChI is InChI=1S/C28H32N6O3S.ClH/c1-3-17-38(35,36)34-25-10-4-8-22-21(25)12-11-19(2)26(22)37-27-23(9-6-15-30-27)24-13-16-31-28(33-24)32-20-7-5-14-29-18-20;/h4,6,8-13,15-16,20,29,34H,3,5,7,14,17-18H2,1-2H3,(H,31,32,33);1H/t20-;/m0./s1. The molecule has 0 radical (unpaired) electrons. The summed E-state index contributed by atoms with van der Waals surface area (Å²) in [5, 5.41) is 8.35. The highest BCUT2D eigenvalue weighted by Gasteiger charge is 2.18. The number of sulfonamides is 1. The minimum atomic E-state index is -3.44. The molecule has 1 aliphatic rings. The SMILES string of the molecule is CCCS(=O)(=O)Nc1cccc2c(Oc3ncccc3-c3ccnc(N[C@H]4CCCNC4)n3)c(C)ccc12.Cl. The highest BCUT2D eigenvalue weighted by molar-refractivity contribution is 7.92. The first-order valence-electron chi connectivity index (χ1n) is 12.9. The van der Waals surface area contributed by atoms with E-state index in [0.29, 0.717) is 35.4 Å². The van der Waals surface area contributed by atoms with Gasteiger partial charge < -0.3 is 15.4 Å². The molecule has 39 heavy (non-hydrogen) atoms. The second-order valence-electron chi connectivity index (χ2n) is 9.44. The zero-order chi connectivity index (χ0) is 26.5. The predicted molar refractivity (Wildman–Crippen MR) is 158 cm³/mol. The van der Waals surface area contributed by atoms with Gasteiger partial charge in [-0.3, -0.25) is 4.72 Å². The van der Waals surface area contributed by atoms with Crippen LogP contribution in [0.25, 0.3) is 22.0 Å². The summed E-state index contributed by atoms with van der Waals surface area (Å²) in [4.78, 5) is 13.7. The Bertz CT molecular complexity index is 1540. The molecule has 5 rings (SSSR count). The number of aromatic nitrogens is 3. The van der Waals surface area contributed by atoms with Gasteiger partial charge in [-0.2, -0.15) is 0 Å². The van der Waals surface area contributed by atoms with Crippen LogP contribution in [-0.2, 0) is 10.0 Å². The molecule has 0 spiro atoms. The van der Waals surface area contributed by atoms with E-state index < -0.39 is 10.0 Å². The zero-order valence-electron chi connectivity index (χ0n) is 22.0. The zero-order valence-corrected chi connectivity index (χ0v) is 23.6. The summed E-state index contributed by atoms with van der Waals surface area (Å²) in [5.74, 6) is 1.64. The summed E-state index contributed by atoms with van der Waals surface area (Å²) in [6, 6.07) is 15.2. The molecule has 0 aliphatic carbocycles. The molecule has 2 aromatic heterocycles. The molecule has 1 aliphatic heterocycles. The first-order valence-corrected chi connectivity index (χ1v) is 14.5. The van der Waals surface area contributed by atoms with Crippen LogP contribution in [0.4, 0.5) is 11.6 Å². The number of benzene rings is 2. The predicted octanol–water partition coefficient (Wildman–Crippen LogP) is 5.53. The van der Waals surface area contributed by atoms with Crippen LogP contribution in [0.5, 0.6) is 11.6 Å². The maximum absolute atomic E-state index is 12.5. The van der Waals surface area contributed by atoms with Gasteiger partial charge in [-0.1, -0.05) is 31.2 Å². The van der Waals surface area contributed by atoms with Crippen molar-refractivity contribution >= 4 is 44.8 Å². The van der Waals surface area contributed by atoms with Crippen molar-refractivity contribution < 1.29 is 13.2 Å². The Balaban J connectivity index is 0.00000353. The average Bonchev–Trinajstić information content (AvgIpc) is 2.91. The van der Waals surface area contributed by atoms with Crippen molar-refractivity contribution in [2.24, 2.45) is 0 Å². The van der Waals surface area contributed by atoms with Gasteiger partial charge in [-0.05, 0) is 62.6 Å². The molecule has 1 saturated heterocycles. The van der Waals surface area contributed by atoms with E-state index in [9.17, 15) is 8.42 Å². The fourth-order valence-electron chi connectivity index (χ4n) is 4.65. The van der Waals surface area contributed by atoms with Gasteiger partial charge in [-0.15, -0.1) is 12.4 Å². The Kier molecular flexibility index (Phi) is 9.21. The Labute approximate surface area is 235 Å². The Hall–Kier alpha value is -3.47. The molecule has 11 heteroatoms. The van der Waals surface area contributed by atoms with Crippen LogP contribution in [0, 0.1) is 6.92 Å². The summed E-state index contributed by atoms with van der Waals surface area (Å²) < 4.78 is 34.1. The number of hydrogen-bond acceptors (Lipinski definition) is 8. The Morgan fingerprint density at radius 1 is 1.05 bits per heavy atom. The fourth-order valence-corrected chi connectivity index (χ4v) is 5.80. The summed E-state index contributed by atoms with van der Waals surface area (Å²) in [6.45, 7) is 5.71. The van der Waals surface area contributed by atoms with E-state index in [4.69, 9.17) is 9.72 Å². The van der Waals surface area contributed by atoms with E-state index in [0.717, 1.165) is 47.8 Å². The van der Waals surface area contributed by atoms with E-state index in [2.05, 4.69) is 25.3 Å². The summed E-state index contributed by atoms with van der Waals surface area (Å²) in [5.41, 5.74) is 2.85. The number of halogens is 1. The molecule has 9 nitrogen and oxygen atoms in total. The minimum absolute atomic E-state index is 0. The third-order valence-electron chi connectivity index (χ3n) is 6.48. The second-order valence-corrected chi connectivity index (χ2v) is 11.3. The van der Waals surface area contributed by atoms with Crippen molar-refractivity contribution in [1.29, 1.82) is 0 Å². The van der Waals surface area contributed by atoms with E-state index in [-0.39, 0.29) is 24.2 Å². The van der Waals surface area contributed by atoms with Crippen molar-refractivity contribution in [3.05, 3.63) is 66.5 Å². The lowest BCUT2D eigenvalue weighted by atomic mass is 10.0. The highest BCUT2D eigenvalue weighted by atomic mass is 35.5. The van der Waals surface area contributed by atoms with Gasteiger partial charge in [0.2, 0.25) is 21.9 Å². The lowest BCUT2D eigenvalue weighted by molar-refractivity contribution is 0.466. The van der Waals surface area contributed by atoms with Gasteiger partial charge in [0, 0.05) is 35.8 Å². The molecule has 0 bridgehead atoms. The first-order chi connectivity index (χ1) is 18.4. The lowest BCUT2D eigenvalue weighted by Gasteiger charge is -2.23. The van der Waals surface area contributed by atoms with E-state index in [1.807, 2.05) is 56.3 Å². The molecule has 0 unspecified atom stereocenters. The van der Waals surface area contributed by atoms with E-state index in [1.54, 1.807) is 18.5 Å². The first kappa shape index (κ1) is 28.5. The van der Waals surface area contributed by atoms with Gasteiger partial charge in [-0.25, -0.2) is 23.4 Å². The number of ether oxygens (including phenoxy) is 1. The van der Waals surface area contributed by atoms with Gasteiger partial charge in [0.05, 0.1) is 22.7 Å². The molecule has 2 aromatic carbocycles. The molecule has 3 N–H and O–H groups in total. The third kappa shape index (κ3) is 6.76. The molecule has 0 saturated carbocycles. The van der Waals surface area contributed by atoms with Crippen molar-refractivity contribution in [3.8, 4) is 22.9 Å². The Morgan fingerprint density at radius 3 is 2.72 bits per heavy atom. The third-order valence-corrected chi connectivity index (χ3v) is 7.96. The summed E-state index contributed by atoms with van der Waals surface area (Å²) >= 11 is 0. The van der Waals surface area contributed by atoms with Gasteiger partial charge in [0.25, 0.3) is 0 Å². The van der Waals surface area contributed by atoms with Crippen LogP contribution >= 0.6 is 12.4 Å². The number of fused-ring (bicyclic) bond motifs is 1. The minimum Gasteiger partial charge on any atom is -0.437 e. The monoisotopic (exact) mass is 568 g/mol. The maximum Gasteiger partial charge on any atom is 0.232 e. The van der Waals surface area contributed by atoms with E-state index in [1.165, 1.54) is 0 Å². The van der Waals surface area contributed by atoms with Crippen molar-refractivity contribution in [3.63, 3.8) is 0 Å². The number of piperidine rings is 1. The number of hydrogen-bond donors (Lipinski definition) is 3. The lowest BCUT2D eigenvalue weighted by Crippen LogP contribution is -2.38. The number of aryl methyl sites for hydroxylation is 1. The Morgan fingerprint density at radius 2 is 1.92 bits per heavy atom. The van der Waals surface area contributed by atoms with Gasteiger partial charge in [0.15, 0.2) is 0 Å². The summed E-state index contributed by atoms with van der Waals surface area (Å²) in [6.07, 6.45) is 6.13. The van der Waals surface area contributed by atoms with Crippen LogP contribution in [0.3, 0.4) is 0 Å². The maximum atomic E-state index is 12.5. The second kappa shape index (κ2) is 12.6. The number of anilines is 2. The highest BCUT2D eigenvalue weighted by Crippen LogP contribution is 2.38. The number of pyridine rings is 1. The molecule has 1 fully saturated rings. The van der Waals surface area contributed by atoms with Gasteiger partial charge in [0.1, 0.15) is 5.75 Å². The molecule has 0 amide bonds. The average molecular weight is 569 g/mol. The van der Waals surface area contributed by atoms with Crippen LogP contribution in [-0.4, -0.2) is 48.3 Å². The van der Waals surface area contributed by atoms with Crippen molar-refractivity contribution in [2.75, 3.05) is 28.9 Å². The fraction of sp³-hybridized carbons (Fsp3) is 0.321. The number of rotatable bonds is 9.